The second-order valence-corrected chi connectivity index (χ2v) is 6.78. The number of nitrogens with zero attached hydrogens (tertiary/aromatic N) is 6. The maximum Gasteiger partial charge on any atom is 0.223 e. The number of aryl methyl sites for hydroxylation is 1. The lowest BCUT2D eigenvalue weighted by atomic mass is 10.1. The highest BCUT2D eigenvalue weighted by Crippen LogP contribution is 2.23. The molecular formula is C18H25N7O. The normalized spacial score (nSPS) is 20.9. The summed E-state index contributed by atoms with van der Waals surface area (Å²) in [5.41, 5.74) is 0.973. The van der Waals surface area contributed by atoms with Crippen LogP contribution in [0.15, 0.2) is 24.7 Å². The van der Waals surface area contributed by atoms with Crippen LogP contribution in [0.2, 0.25) is 0 Å². The molecule has 2 fully saturated rings. The van der Waals surface area contributed by atoms with Crippen LogP contribution in [0, 0.1) is 6.92 Å². The lowest BCUT2D eigenvalue weighted by molar-refractivity contribution is 0.122. The van der Waals surface area contributed by atoms with E-state index < -0.39 is 0 Å². The largest absolute Gasteiger partial charge is 0.378 e. The van der Waals surface area contributed by atoms with Crippen LogP contribution in [0.25, 0.3) is 0 Å². The van der Waals surface area contributed by atoms with Crippen molar-refractivity contribution in [2.75, 3.05) is 54.5 Å². The van der Waals surface area contributed by atoms with Gasteiger partial charge in [0.05, 0.1) is 13.2 Å². The highest BCUT2D eigenvalue weighted by molar-refractivity contribution is 5.51. The molecule has 0 spiro atoms. The van der Waals surface area contributed by atoms with Gasteiger partial charge in [0.2, 0.25) is 5.95 Å². The summed E-state index contributed by atoms with van der Waals surface area (Å²) < 4.78 is 5.43. The van der Waals surface area contributed by atoms with E-state index in [0.717, 1.165) is 69.6 Å². The standard InChI is InChI=1S/C18H25N7O/c1-14-4-5-19-18(22-14)23-15-3-2-6-25(12-15)17-11-16(20-13-21-17)24-7-9-26-10-8-24/h4-5,11,13,15H,2-3,6-10,12H2,1H3,(H,19,22,23). The van der Waals surface area contributed by atoms with Crippen molar-refractivity contribution in [1.82, 2.24) is 19.9 Å². The average molecular weight is 355 g/mol. The van der Waals surface area contributed by atoms with E-state index in [1.807, 2.05) is 13.0 Å². The average Bonchev–Trinajstić information content (AvgIpc) is 2.69. The number of morpholine rings is 1. The Kier molecular flexibility index (Phi) is 5.10. The second-order valence-electron chi connectivity index (χ2n) is 6.78. The van der Waals surface area contributed by atoms with Crippen LogP contribution in [0.1, 0.15) is 18.5 Å². The monoisotopic (exact) mass is 355 g/mol. The SMILES string of the molecule is Cc1ccnc(NC2CCCN(c3cc(N4CCOCC4)ncn3)C2)n1. The summed E-state index contributed by atoms with van der Waals surface area (Å²) in [5.74, 6) is 2.67. The second kappa shape index (κ2) is 7.82. The minimum absolute atomic E-state index is 0.312. The Bertz CT molecular complexity index is 735. The Balaban J connectivity index is 1.44. The van der Waals surface area contributed by atoms with Crippen LogP contribution in [-0.4, -0.2) is 65.4 Å². The molecule has 0 bridgehead atoms. The third kappa shape index (κ3) is 4.01. The van der Waals surface area contributed by atoms with Crippen LogP contribution in [0.5, 0.6) is 0 Å². The van der Waals surface area contributed by atoms with Crippen molar-refractivity contribution in [1.29, 1.82) is 0 Å². The minimum Gasteiger partial charge on any atom is -0.378 e. The minimum atomic E-state index is 0.312. The predicted octanol–water partition coefficient (Wildman–Crippen LogP) is 1.49. The molecule has 26 heavy (non-hydrogen) atoms. The molecule has 0 aliphatic carbocycles. The highest BCUT2D eigenvalue weighted by Gasteiger charge is 2.22. The molecule has 8 heteroatoms. The molecule has 1 N–H and O–H groups in total. The van der Waals surface area contributed by atoms with Gasteiger partial charge >= 0.3 is 0 Å². The summed E-state index contributed by atoms with van der Waals surface area (Å²) in [7, 11) is 0. The van der Waals surface area contributed by atoms with Crippen LogP contribution in [0.4, 0.5) is 17.6 Å². The molecule has 0 radical (unpaired) electrons. The van der Waals surface area contributed by atoms with Gasteiger partial charge in [-0.05, 0) is 25.8 Å². The first-order valence-corrected chi connectivity index (χ1v) is 9.24. The maximum atomic E-state index is 5.43. The number of nitrogens with one attached hydrogen (secondary N) is 1. The molecule has 2 aromatic rings. The van der Waals surface area contributed by atoms with Crippen molar-refractivity contribution in [3.8, 4) is 0 Å². The zero-order chi connectivity index (χ0) is 17.8. The third-order valence-corrected chi connectivity index (χ3v) is 4.85. The van der Waals surface area contributed by atoms with Gasteiger partial charge in [0.25, 0.3) is 0 Å². The first-order chi connectivity index (χ1) is 12.8. The fourth-order valence-electron chi connectivity index (χ4n) is 3.48. The summed E-state index contributed by atoms with van der Waals surface area (Å²) in [6, 6.07) is 4.32. The number of aromatic nitrogens is 4. The van der Waals surface area contributed by atoms with Crippen LogP contribution < -0.4 is 15.1 Å². The Labute approximate surface area is 153 Å². The number of ether oxygens (including phenoxy) is 1. The fraction of sp³-hybridized carbons (Fsp3) is 0.556. The molecular weight excluding hydrogens is 330 g/mol. The Morgan fingerprint density at radius 3 is 2.69 bits per heavy atom. The Morgan fingerprint density at radius 1 is 1.08 bits per heavy atom. The summed E-state index contributed by atoms with van der Waals surface area (Å²) >= 11 is 0. The van der Waals surface area contributed by atoms with Crippen molar-refractivity contribution in [3.05, 3.63) is 30.4 Å². The quantitative estimate of drug-likeness (QED) is 0.884. The third-order valence-electron chi connectivity index (χ3n) is 4.85. The first kappa shape index (κ1) is 17.0. The van der Waals surface area contributed by atoms with Crippen LogP contribution in [0.3, 0.4) is 0 Å². The molecule has 4 rings (SSSR count). The highest BCUT2D eigenvalue weighted by atomic mass is 16.5. The Hall–Kier alpha value is -2.48. The molecule has 2 aliphatic rings. The zero-order valence-electron chi connectivity index (χ0n) is 15.1. The van der Waals surface area contributed by atoms with E-state index in [-0.39, 0.29) is 0 Å². The van der Waals surface area contributed by atoms with Crippen molar-refractivity contribution in [3.63, 3.8) is 0 Å². The van der Waals surface area contributed by atoms with Gasteiger partial charge in [-0.25, -0.2) is 19.9 Å². The molecule has 4 heterocycles. The van der Waals surface area contributed by atoms with Gasteiger partial charge < -0.3 is 19.9 Å². The van der Waals surface area contributed by atoms with Crippen molar-refractivity contribution < 1.29 is 4.74 Å². The van der Waals surface area contributed by atoms with Gasteiger partial charge in [0.1, 0.15) is 18.0 Å². The van der Waals surface area contributed by atoms with E-state index >= 15 is 0 Å². The summed E-state index contributed by atoms with van der Waals surface area (Å²) in [5, 5.41) is 3.47. The molecule has 0 aromatic carbocycles. The number of hydrogen-bond donors (Lipinski definition) is 1. The lowest BCUT2D eigenvalue weighted by Gasteiger charge is -2.34. The molecule has 2 aromatic heterocycles. The van der Waals surface area contributed by atoms with Gasteiger partial charge in [0, 0.05) is 50.2 Å². The van der Waals surface area contributed by atoms with Gasteiger partial charge in [-0.2, -0.15) is 0 Å². The van der Waals surface area contributed by atoms with Crippen LogP contribution in [-0.2, 0) is 4.74 Å². The van der Waals surface area contributed by atoms with E-state index in [1.165, 1.54) is 0 Å². The maximum absolute atomic E-state index is 5.43. The van der Waals surface area contributed by atoms with Gasteiger partial charge in [-0.1, -0.05) is 0 Å². The first-order valence-electron chi connectivity index (χ1n) is 9.24. The van der Waals surface area contributed by atoms with E-state index in [0.29, 0.717) is 12.0 Å². The van der Waals surface area contributed by atoms with Crippen molar-refractivity contribution in [2.24, 2.45) is 0 Å². The van der Waals surface area contributed by atoms with Crippen LogP contribution >= 0.6 is 0 Å². The Morgan fingerprint density at radius 2 is 1.88 bits per heavy atom. The predicted molar refractivity (Wildman–Crippen MR) is 101 cm³/mol. The lowest BCUT2D eigenvalue weighted by Crippen LogP contribution is -2.43. The van der Waals surface area contributed by atoms with E-state index in [9.17, 15) is 0 Å². The number of hydrogen-bond acceptors (Lipinski definition) is 8. The molecule has 138 valence electrons. The van der Waals surface area contributed by atoms with E-state index in [4.69, 9.17) is 4.74 Å². The molecule has 1 atom stereocenters. The molecule has 2 aliphatic heterocycles. The van der Waals surface area contributed by atoms with Gasteiger partial charge in [-0.15, -0.1) is 0 Å². The molecule has 8 nitrogen and oxygen atoms in total. The summed E-state index contributed by atoms with van der Waals surface area (Å²) in [4.78, 5) is 22.3. The topological polar surface area (TPSA) is 79.3 Å². The zero-order valence-corrected chi connectivity index (χ0v) is 15.1. The molecule has 0 saturated carbocycles. The fourth-order valence-corrected chi connectivity index (χ4v) is 3.48. The molecule has 2 saturated heterocycles. The molecule has 1 unspecified atom stereocenters. The van der Waals surface area contributed by atoms with E-state index in [2.05, 4.69) is 41.1 Å². The summed E-state index contributed by atoms with van der Waals surface area (Å²) in [6.07, 6.45) is 5.68. The summed E-state index contributed by atoms with van der Waals surface area (Å²) in [6.45, 7) is 7.14. The van der Waals surface area contributed by atoms with E-state index in [1.54, 1.807) is 12.5 Å². The smallest absolute Gasteiger partial charge is 0.223 e. The number of piperidine rings is 1. The number of anilines is 3. The van der Waals surface area contributed by atoms with Gasteiger partial charge in [0.15, 0.2) is 0 Å². The molecule has 0 amide bonds. The number of rotatable bonds is 4. The van der Waals surface area contributed by atoms with Crippen molar-refractivity contribution in [2.45, 2.75) is 25.8 Å². The van der Waals surface area contributed by atoms with Crippen molar-refractivity contribution >= 4 is 17.6 Å². The van der Waals surface area contributed by atoms with Gasteiger partial charge in [-0.3, -0.25) is 0 Å².